The molecular formula is C33H38N8O3. The molecule has 1 N–H and O–H groups in total. The summed E-state index contributed by atoms with van der Waals surface area (Å²) in [6.45, 7) is 3.51. The fourth-order valence-electron chi connectivity index (χ4n) is 6.25. The van der Waals surface area contributed by atoms with Crippen molar-refractivity contribution in [1.82, 2.24) is 39.7 Å². The van der Waals surface area contributed by atoms with Crippen LogP contribution in [0, 0.1) is 6.92 Å². The van der Waals surface area contributed by atoms with Gasteiger partial charge in [-0.15, -0.1) is 0 Å². The van der Waals surface area contributed by atoms with Crippen LogP contribution < -0.4 is 5.32 Å². The van der Waals surface area contributed by atoms with E-state index in [9.17, 15) is 14.4 Å². The number of aromatic nitrogens is 5. The number of para-hydroxylation sites is 1. The number of piperidine rings is 1. The number of benzene rings is 2. The summed E-state index contributed by atoms with van der Waals surface area (Å²) in [7, 11) is 0. The van der Waals surface area contributed by atoms with Crippen molar-refractivity contribution in [1.29, 1.82) is 0 Å². The summed E-state index contributed by atoms with van der Waals surface area (Å²) in [5.74, 6) is 0.877. The Morgan fingerprint density at radius 3 is 2.57 bits per heavy atom. The van der Waals surface area contributed by atoms with Gasteiger partial charge in [-0.05, 0) is 62.8 Å². The lowest BCUT2D eigenvalue weighted by Gasteiger charge is -2.36. The molecule has 0 radical (unpaired) electrons. The molecule has 44 heavy (non-hydrogen) atoms. The van der Waals surface area contributed by atoms with Gasteiger partial charge in [0.2, 0.25) is 11.8 Å². The van der Waals surface area contributed by atoms with Gasteiger partial charge in [0.1, 0.15) is 17.7 Å². The number of hydrogen-bond acceptors (Lipinski definition) is 6. The second-order valence-corrected chi connectivity index (χ2v) is 11.5. The third kappa shape index (κ3) is 6.41. The van der Waals surface area contributed by atoms with E-state index in [0.29, 0.717) is 68.3 Å². The van der Waals surface area contributed by atoms with Gasteiger partial charge < -0.3 is 15.1 Å². The monoisotopic (exact) mass is 594 g/mol. The predicted octanol–water partition coefficient (Wildman–Crippen LogP) is 3.49. The number of fused-ring (bicyclic) bond motifs is 2. The first kappa shape index (κ1) is 29.3. The highest BCUT2D eigenvalue weighted by Gasteiger charge is 2.34. The van der Waals surface area contributed by atoms with Crippen molar-refractivity contribution in [2.45, 2.75) is 64.1 Å². The molecule has 2 aromatic heterocycles. The Morgan fingerprint density at radius 1 is 0.932 bits per heavy atom. The second kappa shape index (κ2) is 13.2. The molecule has 1 fully saturated rings. The zero-order chi connectivity index (χ0) is 30.5. The largest absolute Gasteiger partial charge is 0.344 e. The minimum atomic E-state index is -0.534. The molecule has 2 atom stereocenters. The van der Waals surface area contributed by atoms with Crippen LogP contribution in [-0.4, -0.2) is 77.7 Å². The smallest absolute Gasteiger partial charge is 0.256 e. The van der Waals surface area contributed by atoms with Crippen LogP contribution in [0.25, 0.3) is 5.69 Å². The number of rotatable bonds is 4. The number of nitrogens with one attached hydrogen (secondary N) is 1. The Labute approximate surface area is 256 Å². The minimum absolute atomic E-state index is 0.0510. The molecule has 2 aliphatic rings. The molecule has 0 spiro atoms. The van der Waals surface area contributed by atoms with Crippen LogP contribution >= 0.6 is 0 Å². The average molecular weight is 595 g/mol. The van der Waals surface area contributed by atoms with Gasteiger partial charge in [0, 0.05) is 38.4 Å². The zero-order valence-corrected chi connectivity index (χ0v) is 25.0. The van der Waals surface area contributed by atoms with Crippen molar-refractivity contribution in [3.63, 3.8) is 0 Å². The standard InChI is InChI=1S/C33H38N8O3/c1-24-35-31-27(23-25-11-3-2-4-12-25)36-32(43)29-15-7-8-19-39(29)30(42)16-9-18-38(21-22-41(31)37-24)33(44)26-13-5-6-14-28(26)40-20-10-17-34-40/h2-6,10-14,17,20,27,29H,7-9,15-16,18-19,21-23H2,1H3,(H,36,43)/t27-,29+/m1/s1. The van der Waals surface area contributed by atoms with Crippen molar-refractivity contribution >= 4 is 17.7 Å². The van der Waals surface area contributed by atoms with Gasteiger partial charge >= 0.3 is 0 Å². The third-order valence-corrected chi connectivity index (χ3v) is 8.42. The highest BCUT2D eigenvalue weighted by atomic mass is 16.2. The molecule has 228 valence electrons. The summed E-state index contributed by atoms with van der Waals surface area (Å²) in [5.41, 5.74) is 2.27. The summed E-state index contributed by atoms with van der Waals surface area (Å²) in [6.07, 6.45) is 7.13. The SMILES string of the molecule is Cc1nc2n(n1)CCN(C(=O)c1ccccc1-n1cccn1)CCCC(=O)N1CCCC[C@H]1C(=O)N[C@@H]2Cc1ccccc1. The molecule has 2 aliphatic heterocycles. The fourth-order valence-corrected chi connectivity index (χ4v) is 6.25. The third-order valence-electron chi connectivity index (χ3n) is 8.42. The molecule has 4 aromatic rings. The van der Waals surface area contributed by atoms with Crippen molar-refractivity contribution in [2.75, 3.05) is 19.6 Å². The number of hydrogen-bond donors (Lipinski definition) is 1. The normalized spacial score (nSPS) is 19.9. The lowest BCUT2D eigenvalue weighted by molar-refractivity contribution is -0.142. The second-order valence-electron chi connectivity index (χ2n) is 11.5. The first-order valence-corrected chi connectivity index (χ1v) is 15.4. The van der Waals surface area contributed by atoms with E-state index in [0.717, 1.165) is 18.4 Å². The Balaban J connectivity index is 1.35. The van der Waals surface area contributed by atoms with Crippen molar-refractivity contribution in [3.8, 4) is 5.69 Å². The zero-order valence-electron chi connectivity index (χ0n) is 25.0. The van der Waals surface area contributed by atoms with Crippen LogP contribution in [0.2, 0.25) is 0 Å². The van der Waals surface area contributed by atoms with Crippen LogP contribution in [0.3, 0.4) is 0 Å². The number of amides is 3. The Kier molecular flexibility index (Phi) is 8.81. The maximum absolute atomic E-state index is 14.1. The molecule has 0 unspecified atom stereocenters. The molecule has 3 amide bonds. The van der Waals surface area contributed by atoms with Crippen LogP contribution in [0.4, 0.5) is 0 Å². The molecule has 4 heterocycles. The molecule has 1 saturated heterocycles. The Morgan fingerprint density at radius 2 is 1.75 bits per heavy atom. The van der Waals surface area contributed by atoms with Gasteiger partial charge in [-0.3, -0.25) is 14.4 Å². The van der Waals surface area contributed by atoms with Crippen molar-refractivity contribution < 1.29 is 14.4 Å². The van der Waals surface area contributed by atoms with E-state index in [-0.39, 0.29) is 24.1 Å². The van der Waals surface area contributed by atoms with E-state index < -0.39 is 12.1 Å². The maximum atomic E-state index is 14.1. The average Bonchev–Trinajstić information content (AvgIpc) is 3.72. The van der Waals surface area contributed by atoms with Crippen LogP contribution in [0.1, 0.15) is 65.7 Å². The van der Waals surface area contributed by atoms with Crippen LogP contribution in [-0.2, 0) is 22.6 Å². The molecule has 0 saturated carbocycles. The van der Waals surface area contributed by atoms with Crippen LogP contribution in [0.15, 0.2) is 73.1 Å². The van der Waals surface area contributed by atoms with E-state index >= 15 is 0 Å². The summed E-state index contributed by atoms with van der Waals surface area (Å²) in [5, 5.41) is 12.3. The number of carbonyl (C=O) groups excluding carboxylic acids is 3. The van der Waals surface area contributed by atoms with Crippen molar-refractivity contribution in [3.05, 3.63) is 95.8 Å². The molecule has 0 aliphatic carbocycles. The van der Waals surface area contributed by atoms with E-state index in [1.165, 1.54) is 0 Å². The Bertz CT molecular complexity index is 1600. The molecule has 11 heteroatoms. The van der Waals surface area contributed by atoms with E-state index in [1.807, 2.05) is 78.5 Å². The molecule has 2 aromatic carbocycles. The lowest BCUT2D eigenvalue weighted by atomic mass is 9.99. The Hall–Kier alpha value is -4.80. The lowest BCUT2D eigenvalue weighted by Crippen LogP contribution is -2.53. The molecule has 11 nitrogen and oxygen atoms in total. The first-order chi connectivity index (χ1) is 21.5. The van der Waals surface area contributed by atoms with Crippen LogP contribution in [0.5, 0.6) is 0 Å². The molecule has 0 bridgehead atoms. The molecule has 6 rings (SSSR count). The van der Waals surface area contributed by atoms with Gasteiger partial charge in [-0.1, -0.05) is 42.5 Å². The summed E-state index contributed by atoms with van der Waals surface area (Å²) >= 11 is 0. The van der Waals surface area contributed by atoms with Gasteiger partial charge in [-0.25, -0.2) is 14.3 Å². The quantitative estimate of drug-likeness (QED) is 0.387. The maximum Gasteiger partial charge on any atom is 0.256 e. The highest BCUT2D eigenvalue weighted by molar-refractivity contribution is 5.97. The molecular weight excluding hydrogens is 556 g/mol. The van der Waals surface area contributed by atoms with Gasteiger partial charge in [0.15, 0.2) is 0 Å². The predicted molar refractivity (Wildman–Crippen MR) is 164 cm³/mol. The summed E-state index contributed by atoms with van der Waals surface area (Å²) in [4.78, 5) is 49.7. The van der Waals surface area contributed by atoms with Gasteiger partial charge in [0.25, 0.3) is 5.91 Å². The van der Waals surface area contributed by atoms with Gasteiger partial charge in [0.05, 0.1) is 23.8 Å². The van der Waals surface area contributed by atoms with E-state index in [1.54, 1.807) is 20.7 Å². The van der Waals surface area contributed by atoms with Gasteiger partial charge in [-0.2, -0.15) is 10.2 Å². The first-order valence-electron chi connectivity index (χ1n) is 15.4. The van der Waals surface area contributed by atoms with E-state index in [2.05, 4.69) is 10.4 Å². The summed E-state index contributed by atoms with van der Waals surface area (Å²) < 4.78 is 3.51. The van der Waals surface area contributed by atoms with E-state index in [4.69, 9.17) is 10.1 Å². The summed E-state index contributed by atoms with van der Waals surface area (Å²) in [6, 6.07) is 18.2. The topological polar surface area (TPSA) is 118 Å². The number of carbonyl (C=O) groups is 3. The fraction of sp³-hybridized carbons (Fsp3) is 0.394. The van der Waals surface area contributed by atoms with Crippen molar-refractivity contribution in [2.24, 2.45) is 0 Å². The highest BCUT2D eigenvalue weighted by Crippen LogP contribution is 2.24. The minimum Gasteiger partial charge on any atom is -0.344 e. The number of aryl methyl sites for hydroxylation is 1. The number of nitrogens with zero attached hydrogens (tertiary/aromatic N) is 7.